The Morgan fingerprint density at radius 3 is 1.11 bits per heavy atom. The van der Waals surface area contributed by atoms with Crippen molar-refractivity contribution in [3.8, 4) is 0 Å². The van der Waals surface area contributed by atoms with E-state index in [4.69, 9.17) is 0 Å². The Balaban J connectivity index is 0.000000192. The van der Waals surface area contributed by atoms with Gasteiger partial charge in [-0.05, 0) is 24.3 Å². The first kappa shape index (κ1) is 29.3. The molecule has 0 N–H and O–H groups in total. The van der Waals surface area contributed by atoms with E-state index in [1.54, 1.807) is 41.0 Å². The summed E-state index contributed by atoms with van der Waals surface area (Å²) in [5, 5.41) is 0. The molecule has 0 amide bonds. The summed E-state index contributed by atoms with van der Waals surface area (Å²) in [6.07, 6.45) is 7.21. The second-order valence-corrected chi connectivity index (χ2v) is 14.0. The predicted molar refractivity (Wildman–Crippen MR) is 131 cm³/mol. The fourth-order valence-corrected chi connectivity index (χ4v) is 8.02. The third-order valence-electron chi connectivity index (χ3n) is 5.38. The first-order valence-electron chi connectivity index (χ1n) is 10.8. The van der Waals surface area contributed by atoms with Crippen LogP contribution >= 0.6 is 0 Å². The maximum absolute atomic E-state index is 10.3. The van der Waals surface area contributed by atoms with Gasteiger partial charge in [0.15, 0.2) is 0 Å². The summed E-state index contributed by atoms with van der Waals surface area (Å²) < 4.78 is 65.2. The average molecular weight is 592 g/mol. The molecule has 0 atom stereocenters. The Bertz CT molecular complexity index is 1260. The van der Waals surface area contributed by atoms with Crippen molar-refractivity contribution in [2.45, 2.75) is 50.3 Å². The van der Waals surface area contributed by atoms with Crippen molar-refractivity contribution in [2.24, 2.45) is 0 Å². The molecule has 0 unspecified atom stereocenters. The summed E-state index contributed by atoms with van der Waals surface area (Å²) in [4.78, 5) is -0.370. The second kappa shape index (κ2) is 12.9. The van der Waals surface area contributed by atoms with Gasteiger partial charge in [-0.25, -0.2) is 16.8 Å². The van der Waals surface area contributed by atoms with Gasteiger partial charge in [-0.3, -0.25) is 0 Å². The van der Waals surface area contributed by atoms with Gasteiger partial charge in [0.1, 0.15) is 20.2 Å². The molecule has 2 aliphatic rings. The van der Waals surface area contributed by atoms with E-state index in [2.05, 4.69) is 39.8 Å². The van der Waals surface area contributed by atoms with Gasteiger partial charge in [-0.1, -0.05) is 36.4 Å². The molecular formula is C26H28O6S2Zr. The number of rotatable bonds is 4. The summed E-state index contributed by atoms with van der Waals surface area (Å²) in [5.41, 5.74) is 6.41. The van der Waals surface area contributed by atoms with Crippen LogP contribution < -0.4 is 0 Å². The quantitative estimate of drug-likeness (QED) is 0.434. The van der Waals surface area contributed by atoms with E-state index in [1.165, 1.54) is 61.4 Å². The Morgan fingerprint density at radius 2 is 0.914 bits per heavy atom. The molecular weight excluding hydrogens is 564 g/mol. The van der Waals surface area contributed by atoms with Gasteiger partial charge in [0.05, 0.1) is 9.79 Å². The van der Waals surface area contributed by atoms with Crippen LogP contribution in [0.25, 0.3) is 0 Å². The van der Waals surface area contributed by atoms with Crippen molar-refractivity contribution in [1.82, 2.24) is 0 Å². The Hall–Kier alpha value is -1.90. The maximum atomic E-state index is 10.3. The summed E-state index contributed by atoms with van der Waals surface area (Å²) >= 11 is -0.507. The minimum absolute atomic E-state index is 0.185. The van der Waals surface area contributed by atoms with Crippen molar-refractivity contribution >= 4 is 20.2 Å². The van der Waals surface area contributed by atoms with Crippen molar-refractivity contribution in [1.29, 1.82) is 0 Å². The topological polar surface area (TPSA) is 114 Å². The fraction of sp³-hybridized carbons (Fsp3) is 0.231. The van der Waals surface area contributed by atoms with E-state index in [0.717, 1.165) is 0 Å². The fourth-order valence-electron chi connectivity index (χ4n) is 3.40. The minimum atomic E-state index is -4.25. The molecule has 2 aromatic rings. The normalized spacial score (nSPS) is 15.4. The predicted octanol–water partition coefficient (Wildman–Crippen LogP) is 5.50. The van der Waals surface area contributed by atoms with Gasteiger partial charge < -0.3 is 9.11 Å². The van der Waals surface area contributed by atoms with Gasteiger partial charge in [0.25, 0.3) is 0 Å². The van der Waals surface area contributed by atoms with Crippen LogP contribution in [0.4, 0.5) is 0 Å². The zero-order chi connectivity index (χ0) is 26.2. The number of hydrogen-bond acceptors (Lipinski definition) is 6. The molecule has 0 saturated heterocycles. The first-order chi connectivity index (χ1) is 16.3. The Kier molecular flexibility index (Phi) is 10.8. The molecule has 0 saturated carbocycles. The summed E-state index contributed by atoms with van der Waals surface area (Å²) in [5.74, 6) is 0. The molecule has 0 aliphatic heterocycles. The van der Waals surface area contributed by atoms with E-state index in [0.29, 0.717) is 0 Å². The van der Waals surface area contributed by atoms with E-state index < -0.39 is 43.5 Å². The minimum Gasteiger partial charge on any atom is -0.744 e. The van der Waals surface area contributed by atoms with Crippen LogP contribution in [0.1, 0.15) is 40.5 Å². The molecule has 9 heteroatoms. The Morgan fingerprint density at radius 1 is 0.600 bits per heavy atom. The first-order valence-corrected chi connectivity index (χ1v) is 16.1. The Labute approximate surface area is 220 Å². The van der Waals surface area contributed by atoms with Gasteiger partial charge in [-0.15, -0.1) is 0 Å². The molecule has 0 bridgehead atoms. The standard InChI is InChI=1S/2C7H9.2C6H6O3S.Zr/c2*1-6-3-4-7(2)5-6;2*7-10(8,9)6-4-2-1-3-5-6;/h2*3H,4H2,1-2H3;2*1-5H,(H,7,8,9);/q;;;;+2/p-2. The molecule has 6 nitrogen and oxygen atoms in total. The third-order valence-corrected chi connectivity index (χ3v) is 12.3. The zero-order valence-corrected chi connectivity index (χ0v) is 24.2. The molecule has 35 heavy (non-hydrogen) atoms. The summed E-state index contributed by atoms with van der Waals surface area (Å²) in [7, 11) is -8.51. The molecule has 0 heterocycles. The van der Waals surface area contributed by atoms with Crippen LogP contribution in [-0.4, -0.2) is 25.9 Å². The second-order valence-electron chi connectivity index (χ2n) is 8.15. The van der Waals surface area contributed by atoms with Crippen LogP contribution in [0.15, 0.2) is 111 Å². The summed E-state index contributed by atoms with van der Waals surface area (Å²) in [6, 6.07) is 14.4. The van der Waals surface area contributed by atoms with Crippen molar-refractivity contribution in [3.05, 3.63) is 102 Å². The molecule has 0 fully saturated rings. The number of hydrogen-bond donors (Lipinski definition) is 0. The van der Waals surface area contributed by atoms with E-state index >= 15 is 0 Å². The van der Waals surface area contributed by atoms with E-state index in [-0.39, 0.29) is 9.79 Å². The molecule has 0 aromatic heterocycles. The van der Waals surface area contributed by atoms with Crippen LogP contribution in [-0.2, 0) is 43.5 Å². The SMILES string of the molecule is CC1=CCC(C)=[C]1[Zr+2][C]1=C(C)CC=C1C.O=S(=O)([O-])c1ccccc1.O=S(=O)([O-])c1ccccc1. The van der Waals surface area contributed by atoms with Gasteiger partial charge in [0.2, 0.25) is 0 Å². The van der Waals surface area contributed by atoms with E-state index in [1.807, 2.05) is 0 Å². The molecule has 0 spiro atoms. The van der Waals surface area contributed by atoms with Crippen LogP contribution in [0, 0.1) is 0 Å². The molecule has 0 radical (unpaired) electrons. The van der Waals surface area contributed by atoms with Crippen molar-refractivity contribution in [2.75, 3.05) is 0 Å². The van der Waals surface area contributed by atoms with Crippen molar-refractivity contribution in [3.63, 3.8) is 0 Å². The third kappa shape index (κ3) is 9.24. The summed E-state index contributed by atoms with van der Waals surface area (Å²) in [6.45, 7) is 9.20. The molecule has 4 rings (SSSR count). The zero-order valence-electron chi connectivity index (χ0n) is 20.1. The average Bonchev–Trinajstić information content (AvgIpc) is 3.30. The van der Waals surface area contributed by atoms with Gasteiger partial charge >= 0.3 is 105 Å². The monoisotopic (exact) mass is 590 g/mol. The maximum Gasteiger partial charge on any atom is 0.124 e. The van der Waals surface area contributed by atoms with Gasteiger partial charge in [-0.2, -0.15) is 0 Å². The molecule has 184 valence electrons. The van der Waals surface area contributed by atoms with E-state index in [9.17, 15) is 25.9 Å². The van der Waals surface area contributed by atoms with Crippen LogP contribution in [0.2, 0.25) is 0 Å². The van der Waals surface area contributed by atoms with Gasteiger partial charge in [0, 0.05) is 0 Å². The molecule has 2 aromatic carbocycles. The van der Waals surface area contributed by atoms with Crippen molar-refractivity contribution < 1.29 is 49.2 Å². The van der Waals surface area contributed by atoms with Crippen LogP contribution in [0.5, 0.6) is 0 Å². The van der Waals surface area contributed by atoms with Crippen LogP contribution in [0.3, 0.4) is 0 Å². The number of benzene rings is 2. The smallest absolute Gasteiger partial charge is 0.124 e. The largest absolute Gasteiger partial charge is 0.744 e. The number of allylic oxidation sites excluding steroid dienone is 8. The molecule has 2 aliphatic carbocycles.